The van der Waals surface area contributed by atoms with E-state index in [2.05, 4.69) is 4.74 Å². The van der Waals surface area contributed by atoms with Gasteiger partial charge in [0, 0.05) is 13.7 Å². The Balaban J connectivity index is -0.0000000646. The predicted octanol–water partition coefficient (Wildman–Crippen LogP) is -0.604. The van der Waals surface area contributed by atoms with E-state index < -0.39 is 0 Å². The summed E-state index contributed by atoms with van der Waals surface area (Å²) in [4.78, 5) is 8.95. The summed E-state index contributed by atoms with van der Waals surface area (Å²) >= 11 is 0. The highest BCUT2D eigenvalue weighted by Crippen LogP contribution is 1.35. The van der Waals surface area contributed by atoms with E-state index in [-0.39, 0.29) is 6.61 Å². The van der Waals surface area contributed by atoms with Gasteiger partial charge in [-0.2, -0.15) is 0 Å². The van der Waals surface area contributed by atoms with E-state index in [0.717, 1.165) is 7.11 Å². The SMILES string of the molecule is CCO.CO.COC=O. The summed E-state index contributed by atoms with van der Waals surface area (Å²) in [5, 5.41) is 14.6. The molecular weight excluding hydrogens is 124 g/mol. The Kier molecular flexibility index (Phi) is 92.6. The lowest BCUT2D eigenvalue weighted by molar-refractivity contribution is -0.126. The number of rotatable bonds is 1. The number of aliphatic hydroxyl groups is 2. The zero-order chi connectivity index (χ0) is 8.12. The molecule has 58 valence electrons. The van der Waals surface area contributed by atoms with Crippen LogP contribution in [-0.2, 0) is 9.53 Å². The molecule has 4 nitrogen and oxygen atoms in total. The van der Waals surface area contributed by atoms with E-state index in [9.17, 15) is 0 Å². The molecule has 4 heteroatoms. The largest absolute Gasteiger partial charge is 0.471 e. The van der Waals surface area contributed by atoms with Crippen molar-refractivity contribution in [1.29, 1.82) is 0 Å². The maximum Gasteiger partial charge on any atom is 0.292 e. The first-order chi connectivity index (χ1) is 4.33. The first-order valence-corrected chi connectivity index (χ1v) is 2.35. The molecule has 0 amide bonds. The van der Waals surface area contributed by atoms with Crippen molar-refractivity contribution in [1.82, 2.24) is 0 Å². The zero-order valence-electron chi connectivity index (χ0n) is 6.00. The number of carbonyl (C=O) groups excluding carboxylic acids is 1. The van der Waals surface area contributed by atoms with Crippen molar-refractivity contribution in [3.05, 3.63) is 0 Å². The van der Waals surface area contributed by atoms with Crippen molar-refractivity contribution in [3.63, 3.8) is 0 Å². The van der Waals surface area contributed by atoms with Crippen LogP contribution in [0.3, 0.4) is 0 Å². The standard InChI is InChI=1S/C2H4O2.C2H6O.CH4O/c1-4-2-3;1-2-3;1-2/h2H,1H3;3H,2H2,1H3;2H,1H3. The Morgan fingerprint density at radius 1 is 1.56 bits per heavy atom. The molecule has 0 heterocycles. The van der Waals surface area contributed by atoms with Crippen molar-refractivity contribution in [2.24, 2.45) is 0 Å². The van der Waals surface area contributed by atoms with E-state index in [1.165, 1.54) is 7.11 Å². The van der Waals surface area contributed by atoms with Crippen LogP contribution in [0.4, 0.5) is 0 Å². The van der Waals surface area contributed by atoms with Crippen LogP contribution in [0.2, 0.25) is 0 Å². The van der Waals surface area contributed by atoms with Gasteiger partial charge in [-0.05, 0) is 6.92 Å². The molecule has 0 bridgehead atoms. The molecule has 0 atom stereocenters. The number of methoxy groups -OCH3 is 1. The van der Waals surface area contributed by atoms with Crippen LogP contribution >= 0.6 is 0 Å². The molecule has 0 aromatic rings. The van der Waals surface area contributed by atoms with Crippen LogP contribution in [0, 0.1) is 0 Å². The Bertz CT molecular complexity index is 30.1. The van der Waals surface area contributed by atoms with Gasteiger partial charge >= 0.3 is 0 Å². The van der Waals surface area contributed by atoms with Gasteiger partial charge < -0.3 is 14.9 Å². The maximum atomic E-state index is 8.95. The fourth-order valence-corrected chi connectivity index (χ4v) is 0. The molecule has 0 aliphatic rings. The first kappa shape index (κ1) is 15.8. The molecule has 0 saturated heterocycles. The van der Waals surface area contributed by atoms with Crippen molar-refractivity contribution >= 4 is 6.47 Å². The quantitative estimate of drug-likeness (QED) is 0.475. The average Bonchev–Trinajstić information content (AvgIpc) is 1.94. The average molecular weight is 138 g/mol. The molecule has 0 aromatic heterocycles. The summed E-state index contributed by atoms with van der Waals surface area (Å²) in [6.07, 6.45) is 0. The van der Waals surface area contributed by atoms with Crippen LogP contribution in [-0.4, -0.2) is 37.5 Å². The van der Waals surface area contributed by atoms with Gasteiger partial charge in [0.1, 0.15) is 0 Å². The van der Waals surface area contributed by atoms with Crippen LogP contribution in [0.25, 0.3) is 0 Å². The lowest BCUT2D eigenvalue weighted by Crippen LogP contribution is -1.68. The molecule has 9 heavy (non-hydrogen) atoms. The van der Waals surface area contributed by atoms with E-state index in [1.54, 1.807) is 6.92 Å². The maximum absolute atomic E-state index is 8.95. The van der Waals surface area contributed by atoms with E-state index in [1.807, 2.05) is 0 Å². The Morgan fingerprint density at radius 2 is 1.67 bits per heavy atom. The molecule has 2 N–H and O–H groups in total. The number of hydrogen-bond acceptors (Lipinski definition) is 4. The van der Waals surface area contributed by atoms with Crippen molar-refractivity contribution in [2.45, 2.75) is 6.92 Å². The summed E-state index contributed by atoms with van der Waals surface area (Å²) in [5.41, 5.74) is 0. The summed E-state index contributed by atoms with van der Waals surface area (Å²) in [7, 11) is 2.31. The van der Waals surface area contributed by atoms with Gasteiger partial charge in [0.2, 0.25) is 0 Å². The van der Waals surface area contributed by atoms with Gasteiger partial charge in [0.25, 0.3) is 6.47 Å². The van der Waals surface area contributed by atoms with Gasteiger partial charge in [-0.25, -0.2) is 0 Å². The highest BCUT2D eigenvalue weighted by atomic mass is 16.5. The molecule has 0 rings (SSSR count). The fourth-order valence-electron chi connectivity index (χ4n) is 0. The van der Waals surface area contributed by atoms with Gasteiger partial charge in [0.05, 0.1) is 7.11 Å². The van der Waals surface area contributed by atoms with E-state index in [0.29, 0.717) is 6.47 Å². The highest BCUT2D eigenvalue weighted by molar-refractivity contribution is 5.36. The van der Waals surface area contributed by atoms with Crippen LogP contribution in [0.1, 0.15) is 6.92 Å². The minimum atomic E-state index is 0.250. The van der Waals surface area contributed by atoms with Crippen LogP contribution in [0.5, 0.6) is 0 Å². The monoisotopic (exact) mass is 138 g/mol. The van der Waals surface area contributed by atoms with Gasteiger partial charge in [0.15, 0.2) is 0 Å². The Morgan fingerprint density at radius 3 is 1.67 bits per heavy atom. The summed E-state index contributed by atoms with van der Waals surface area (Å²) in [5.74, 6) is 0. The summed E-state index contributed by atoms with van der Waals surface area (Å²) < 4.78 is 3.86. The number of aliphatic hydroxyl groups excluding tert-OH is 2. The molecule has 0 spiro atoms. The molecule has 0 fully saturated rings. The minimum Gasteiger partial charge on any atom is -0.471 e. The second-order valence-corrected chi connectivity index (χ2v) is 0.648. The zero-order valence-corrected chi connectivity index (χ0v) is 6.00. The second kappa shape index (κ2) is 52.8. The van der Waals surface area contributed by atoms with Gasteiger partial charge in [-0.15, -0.1) is 0 Å². The third kappa shape index (κ3) is 1410. The number of ether oxygens (including phenoxy) is 1. The minimum absolute atomic E-state index is 0.250. The number of carbonyl (C=O) groups is 1. The molecule has 0 aliphatic heterocycles. The topological polar surface area (TPSA) is 66.8 Å². The molecule has 0 saturated carbocycles. The molecule has 0 aromatic carbocycles. The van der Waals surface area contributed by atoms with E-state index >= 15 is 0 Å². The summed E-state index contributed by atoms with van der Waals surface area (Å²) in [6.45, 7) is 2.31. The smallest absolute Gasteiger partial charge is 0.292 e. The predicted molar refractivity (Wildman–Crippen MR) is 34.0 cm³/mol. The Hall–Kier alpha value is -0.610. The molecule has 0 unspecified atom stereocenters. The molecule has 0 radical (unpaired) electrons. The van der Waals surface area contributed by atoms with Crippen LogP contribution < -0.4 is 0 Å². The Labute approximate surface area is 55.1 Å². The summed E-state index contributed by atoms with van der Waals surface area (Å²) in [6, 6.07) is 0. The third-order valence-electron chi connectivity index (χ3n) is 0.0962. The highest BCUT2D eigenvalue weighted by Gasteiger charge is 1.44. The van der Waals surface area contributed by atoms with Gasteiger partial charge in [-0.3, -0.25) is 4.79 Å². The van der Waals surface area contributed by atoms with Crippen LogP contribution in [0.15, 0.2) is 0 Å². The molecule has 0 aliphatic carbocycles. The fraction of sp³-hybridized carbons (Fsp3) is 0.800. The lowest BCUT2D eigenvalue weighted by atomic mass is 10.9. The normalized spacial score (nSPS) is 5.00. The van der Waals surface area contributed by atoms with E-state index in [4.69, 9.17) is 15.0 Å². The van der Waals surface area contributed by atoms with Gasteiger partial charge in [-0.1, -0.05) is 0 Å². The lowest BCUT2D eigenvalue weighted by Gasteiger charge is -1.67. The first-order valence-electron chi connectivity index (χ1n) is 2.35. The number of hydrogen-bond donors (Lipinski definition) is 2. The van der Waals surface area contributed by atoms with Crippen molar-refractivity contribution in [3.8, 4) is 0 Å². The van der Waals surface area contributed by atoms with Crippen molar-refractivity contribution < 1.29 is 19.7 Å². The van der Waals surface area contributed by atoms with Crippen molar-refractivity contribution in [2.75, 3.05) is 20.8 Å². The third-order valence-corrected chi connectivity index (χ3v) is 0.0962. The molecular formula is C5H14O4. The second-order valence-electron chi connectivity index (χ2n) is 0.648.